The molecule has 4 rings (SSSR count). The van der Waals surface area contributed by atoms with Gasteiger partial charge in [-0.25, -0.2) is 22.0 Å². The van der Waals surface area contributed by atoms with Gasteiger partial charge >= 0.3 is 6.09 Å². The van der Waals surface area contributed by atoms with Crippen LogP contribution in [0, 0.1) is 11.6 Å². The van der Waals surface area contributed by atoms with Crippen LogP contribution in [0.3, 0.4) is 0 Å². The highest BCUT2D eigenvalue weighted by Crippen LogP contribution is 2.50. The number of sulfone groups is 1. The zero-order chi connectivity index (χ0) is 23.8. The van der Waals surface area contributed by atoms with E-state index in [0.29, 0.717) is 18.0 Å². The predicted octanol–water partition coefficient (Wildman–Crippen LogP) is 3.66. The lowest BCUT2D eigenvalue weighted by Gasteiger charge is -2.38. The van der Waals surface area contributed by atoms with Crippen LogP contribution in [0.15, 0.2) is 41.3 Å². The van der Waals surface area contributed by atoms with Crippen molar-refractivity contribution in [2.24, 2.45) is 0 Å². The molecule has 0 saturated carbocycles. The summed E-state index contributed by atoms with van der Waals surface area (Å²) in [5, 5.41) is 9.92. The third kappa shape index (κ3) is 4.27. The molecule has 1 unspecified atom stereocenters. The fourth-order valence-electron chi connectivity index (χ4n) is 4.34. The van der Waals surface area contributed by atoms with Gasteiger partial charge < -0.3 is 19.5 Å². The fraction of sp³-hybridized carbons (Fsp3) is 0.409. The number of benzene rings is 2. The van der Waals surface area contributed by atoms with Crippen molar-refractivity contribution in [3.05, 3.63) is 58.6 Å². The molecule has 1 saturated heterocycles. The molecular weight excluding hydrogens is 480 g/mol. The molecule has 0 aromatic heterocycles. The van der Waals surface area contributed by atoms with Crippen LogP contribution >= 0.6 is 11.6 Å². The van der Waals surface area contributed by atoms with Gasteiger partial charge in [-0.15, -0.1) is 0 Å². The van der Waals surface area contributed by atoms with Gasteiger partial charge in [-0.2, -0.15) is 0 Å². The normalized spacial score (nSPS) is 22.5. The Hall–Kier alpha value is -2.43. The Labute approximate surface area is 194 Å². The van der Waals surface area contributed by atoms with Crippen LogP contribution in [0.2, 0.25) is 5.02 Å². The van der Waals surface area contributed by atoms with E-state index in [2.05, 4.69) is 0 Å². The maximum absolute atomic E-state index is 15.1. The minimum atomic E-state index is -4.31. The predicted molar refractivity (Wildman–Crippen MR) is 115 cm³/mol. The first-order valence-electron chi connectivity index (χ1n) is 10.4. The minimum Gasteiger partial charge on any atom is -0.490 e. The Morgan fingerprint density at radius 2 is 1.91 bits per heavy atom. The average molecular weight is 502 g/mol. The summed E-state index contributed by atoms with van der Waals surface area (Å²) in [6.07, 6.45) is -1.44. The standard InChI is InChI=1S/C22H22ClF2NO6S/c23-14-1-3-16(4-2-14)33(29,30)22(9-12-32-21(28)26-10-7-15(27)13-26)8-11-31-20-18(25)6-5-17(24)19(20)22/h1-6,15,27H,7-13H2/t15-,22?/m1/s1. The van der Waals surface area contributed by atoms with Crippen molar-refractivity contribution < 1.29 is 36.6 Å². The summed E-state index contributed by atoms with van der Waals surface area (Å²) in [6, 6.07) is 7.10. The van der Waals surface area contributed by atoms with Crippen molar-refractivity contribution in [1.82, 2.24) is 4.90 Å². The highest BCUT2D eigenvalue weighted by atomic mass is 35.5. The van der Waals surface area contributed by atoms with Crippen LogP contribution in [0.1, 0.15) is 24.8 Å². The highest BCUT2D eigenvalue weighted by Gasteiger charge is 2.52. The first-order valence-corrected chi connectivity index (χ1v) is 12.2. The van der Waals surface area contributed by atoms with Crippen molar-refractivity contribution in [2.45, 2.75) is 35.0 Å². The van der Waals surface area contributed by atoms with Crippen LogP contribution in [-0.4, -0.2) is 56.9 Å². The maximum Gasteiger partial charge on any atom is 0.409 e. The first kappa shape index (κ1) is 23.7. The third-order valence-electron chi connectivity index (χ3n) is 6.06. The van der Waals surface area contributed by atoms with E-state index in [1.165, 1.54) is 29.2 Å². The Morgan fingerprint density at radius 3 is 2.58 bits per heavy atom. The van der Waals surface area contributed by atoms with Gasteiger partial charge in [0, 0.05) is 31.0 Å². The van der Waals surface area contributed by atoms with Crippen molar-refractivity contribution in [3.63, 3.8) is 0 Å². The maximum atomic E-state index is 15.1. The number of carbonyl (C=O) groups is 1. The summed E-state index contributed by atoms with van der Waals surface area (Å²) in [5.41, 5.74) is -0.420. The van der Waals surface area contributed by atoms with Crippen molar-refractivity contribution in [1.29, 1.82) is 0 Å². The van der Waals surface area contributed by atoms with E-state index >= 15 is 4.39 Å². The molecule has 1 N–H and O–H groups in total. The first-order chi connectivity index (χ1) is 15.7. The summed E-state index contributed by atoms with van der Waals surface area (Å²) in [7, 11) is -4.31. The third-order valence-corrected chi connectivity index (χ3v) is 8.84. The molecule has 178 valence electrons. The van der Waals surface area contributed by atoms with Crippen LogP contribution in [0.5, 0.6) is 5.75 Å². The Kier molecular flexibility index (Phi) is 6.52. The lowest BCUT2D eigenvalue weighted by atomic mass is 9.88. The number of carbonyl (C=O) groups excluding carboxylic acids is 1. The van der Waals surface area contributed by atoms with Gasteiger partial charge in [-0.3, -0.25) is 0 Å². The molecule has 2 aromatic rings. The van der Waals surface area contributed by atoms with E-state index in [1.807, 2.05) is 0 Å². The van der Waals surface area contributed by atoms with E-state index in [1.54, 1.807) is 0 Å². The van der Waals surface area contributed by atoms with Crippen LogP contribution < -0.4 is 4.74 Å². The number of β-amino-alcohol motifs (C(OH)–C–C–N with tert-alkyl or cyclic N) is 1. The molecule has 2 atom stereocenters. The quantitative estimate of drug-likeness (QED) is 0.672. The highest BCUT2D eigenvalue weighted by molar-refractivity contribution is 7.92. The number of likely N-dealkylation sites (tertiary alicyclic amines) is 1. The molecule has 2 aromatic carbocycles. The second kappa shape index (κ2) is 9.08. The Balaban J connectivity index is 1.72. The van der Waals surface area contributed by atoms with E-state index in [-0.39, 0.29) is 37.5 Å². The second-order valence-electron chi connectivity index (χ2n) is 8.04. The van der Waals surface area contributed by atoms with Gasteiger partial charge in [0.25, 0.3) is 0 Å². The summed E-state index contributed by atoms with van der Waals surface area (Å²) < 4.78 is 65.9. The largest absolute Gasteiger partial charge is 0.490 e. The van der Waals surface area contributed by atoms with Crippen molar-refractivity contribution >= 4 is 27.5 Å². The fourth-order valence-corrected chi connectivity index (χ4v) is 6.57. The number of hydrogen-bond donors (Lipinski definition) is 1. The molecule has 7 nitrogen and oxygen atoms in total. The van der Waals surface area contributed by atoms with Gasteiger partial charge in [0.2, 0.25) is 0 Å². The number of fused-ring (bicyclic) bond motifs is 1. The second-order valence-corrected chi connectivity index (χ2v) is 10.7. The Morgan fingerprint density at radius 1 is 1.21 bits per heavy atom. The number of nitrogens with zero attached hydrogens (tertiary/aromatic N) is 1. The molecule has 0 spiro atoms. The number of hydrogen-bond acceptors (Lipinski definition) is 6. The molecule has 0 bridgehead atoms. The van der Waals surface area contributed by atoms with Crippen LogP contribution in [0.4, 0.5) is 13.6 Å². The number of aliphatic hydroxyl groups is 1. The SMILES string of the molecule is O=C(OCCC1(S(=O)(=O)c2ccc(Cl)cc2)CCOc2c(F)ccc(F)c21)N1CC[C@@H](O)C1. The summed E-state index contributed by atoms with van der Waals surface area (Å²) in [5.74, 6) is -2.28. The zero-order valence-corrected chi connectivity index (χ0v) is 19.0. The van der Waals surface area contributed by atoms with Gasteiger partial charge in [0.05, 0.1) is 29.8 Å². The lowest BCUT2D eigenvalue weighted by molar-refractivity contribution is 0.0957. The molecule has 11 heteroatoms. The molecule has 1 fully saturated rings. The van der Waals surface area contributed by atoms with E-state index in [9.17, 15) is 22.7 Å². The number of ether oxygens (including phenoxy) is 2. The lowest BCUT2D eigenvalue weighted by Crippen LogP contribution is -2.43. The molecule has 2 aliphatic rings. The molecule has 33 heavy (non-hydrogen) atoms. The van der Waals surface area contributed by atoms with E-state index in [0.717, 1.165) is 12.1 Å². The molecule has 0 aliphatic carbocycles. The average Bonchev–Trinajstić information content (AvgIpc) is 3.23. The summed E-state index contributed by atoms with van der Waals surface area (Å²) in [6.45, 7) is -0.117. The van der Waals surface area contributed by atoms with Gasteiger partial charge in [-0.05, 0) is 42.8 Å². The molecular formula is C22H22ClF2NO6S. The minimum absolute atomic E-state index is 0.115. The number of amides is 1. The molecule has 0 radical (unpaired) electrons. The van der Waals surface area contributed by atoms with Gasteiger partial charge in [0.15, 0.2) is 21.4 Å². The smallest absolute Gasteiger partial charge is 0.409 e. The molecule has 1 amide bonds. The van der Waals surface area contributed by atoms with E-state index < -0.39 is 49.7 Å². The van der Waals surface area contributed by atoms with Gasteiger partial charge in [0.1, 0.15) is 10.6 Å². The summed E-state index contributed by atoms with van der Waals surface area (Å²) >= 11 is 5.90. The van der Waals surface area contributed by atoms with Crippen molar-refractivity contribution in [2.75, 3.05) is 26.3 Å². The zero-order valence-electron chi connectivity index (χ0n) is 17.5. The number of halogens is 3. The molecule has 2 heterocycles. The molecule has 2 aliphatic heterocycles. The topological polar surface area (TPSA) is 93.1 Å². The van der Waals surface area contributed by atoms with Crippen LogP contribution in [0.25, 0.3) is 0 Å². The number of rotatable bonds is 5. The van der Waals surface area contributed by atoms with Crippen LogP contribution in [-0.2, 0) is 19.3 Å². The Bertz CT molecular complexity index is 1160. The summed E-state index contributed by atoms with van der Waals surface area (Å²) in [4.78, 5) is 13.5. The van der Waals surface area contributed by atoms with Gasteiger partial charge in [-0.1, -0.05) is 11.6 Å². The van der Waals surface area contributed by atoms with Crippen molar-refractivity contribution in [3.8, 4) is 5.75 Å². The monoisotopic (exact) mass is 501 g/mol. The number of aliphatic hydroxyl groups excluding tert-OH is 1. The van der Waals surface area contributed by atoms with E-state index in [4.69, 9.17) is 21.1 Å².